The van der Waals surface area contributed by atoms with Crippen molar-refractivity contribution in [3.8, 4) is 5.75 Å². The summed E-state index contributed by atoms with van der Waals surface area (Å²) in [4.78, 5) is 10.9. The Hall–Kier alpha value is -1.89. The second-order valence-corrected chi connectivity index (χ2v) is 3.96. The van der Waals surface area contributed by atoms with Crippen LogP contribution in [0.2, 0.25) is 0 Å². The van der Waals surface area contributed by atoms with E-state index in [0.29, 0.717) is 5.56 Å². The maximum Gasteiger partial charge on any atom is 0.488 e. The Labute approximate surface area is 98.3 Å². The van der Waals surface area contributed by atoms with Gasteiger partial charge in [-0.3, -0.25) is 4.79 Å². The molecule has 0 heterocycles. The van der Waals surface area contributed by atoms with Crippen LogP contribution in [0.3, 0.4) is 0 Å². The molecule has 1 rings (SSSR count). The minimum absolute atomic E-state index is 0.0105. The van der Waals surface area contributed by atoms with E-state index in [9.17, 15) is 17.1 Å². The minimum atomic E-state index is -5.08. The Morgan fingerprint density at radius 2 is 2.12 bits per heavy atom. The summed E-state index contributed by atoms with van der Waals surface area (Å²) in [5.41, 5.74) is 0.337. The zero-order valence-corrected chi connectivity index (χ0v) is 9.54. The largest absolute Gasteiger partial charge is 0.488 e. The minimum Gasteiger partial charge on any atom is -0.358 e. The van der Waals surface area contributed by atoms with E-state index in [-0.39, 0.29) is 12.3 Å². The Morgan fingerprint density at radius 3 is 2.71 bits per heavy atom. The standard InChI is InChI=1S/C10H10FNO4S/c1-2-10(13)12-7-8-5-3-4-6-9(8)16-17(11,14)15/h2-6H,1,7H2,(H,12,13). The summed E-state index contributed by atoms with van der Waals surface area (Å²) >= 11 is 0. The molecule has 1 amide bonds. The van der Waals surface area contributed by atoms with E-state index in [1.54, 1.807) is 6.07 Å². The van der Waals surface area contributed by atoms with E-state index < -0.39 is 16.4 Å². The van der Waals surface area contributed by atoms with Crippen molar-refractivity contribution in [1.29, 1.82) is 0 Å². The molecule has 0 aliphatic carbocycles. The van der Waals surface area contributed by atoms with Crippen LogP contribution in [0.4, 0.5) is 3.89 Å². The molecule has 7 heteroatoms. The van der Waals surface area contributed by atoms with Crippen molar-refractivity contribution in [2.24, 2.45) is 0 Å². The van der Waals surface area contributed by atoms with Crippen molar-refractivity contribution in [2.45, 2.75) is 6.54 Å². The summed E-state index contributed by atoms with van der Waals surface area (Å²) in [7, 11) is -5.08. The number of hydrogen-bond acceptors (Lipinski definition) is 4. The van der Waals surface area contributed by atoms with Crippen LogP contribution in [0.15, 0.2) is 36.9 Å². The van der Waals surface area contributed by atoms with Crippen molar-refractivity contribution >= 4 is 16.4 Å². The summed E-state index contributed by atoms with van der Waals surface area (Å²) in [6, 6.07) is 5.88. The maximum absolute atomic E-state index is 12.4. The Morgan fingerprint density at radius 1 is 1.47 bits per heavy atom. The van der Waals surface area contributed by atoms with Crippen LogP contribution in [0.25, 0.3) is 0 Å². The van der Waals surface area contributed by atoms with E-state index >= 15 is 0 Å². The Kier molecular flexibility index (Phi) is 4.22. The Balaban J connectivity index is 2.84. The molecule has 5 nitrogen and oxygen atoms in total. The highest BCUT2D eigenvalue weighted by molar-refractivity contribution is 7.81. The van der Waals surface area contributed by atoms with Crippen molar-refractivity contribution < 1.29 is 21.3 Å². The lowest BCUT2D eigenvalue weighted by Crippen LogP contribution is -2.20. The SMILES string of the molecule is C=CC(=O)NCc1ccccc1OS(=O)(=O)F. The normalized spacial score (nSPS) is 10.6. The van der Waals surface area contributed by atoms with Gasteiger partial charge in [0.25, 0.3) is 0 Å². The molecular formula is C10H10FNO4S. The zero-order chi connectivity index (χ0) is 12.9. The molecular weight excluding hydrogens is 249 g/mol. The second-order valence-electron chi connectivity index (χ2n) is 3.01. The van der Waals surface area contributed by atoms with Crippen molar-refractivity contribution in [3.63, 3.8) is 0 Å². The van der Waals surface area contributed by atoms with Gasteiger partial charge < -0.3 is 9.50 Å². The predicted molar refractivity (Wildman–Crippen MR) is 59.1 cm³/mol. The Bertz CT molecular complexity index is 527. The number of carbonyl (C=O) groups is 1. The molecule has 0 bridgehead atoms. The first-order valence-electron chi connectivity index (χ1n) is 4.54. The van der Waals surface area contributed by atoms with Gasteiger partial charge in [0.2, 0.25) is 5.91 Å². The van der Waals surface area contributed by atoms with Gasteiger partial charge in [0.15, 0.2) is 0 Å². The number of halogens is 1. The summed E-state index contributed by atoms with van der Waals surface area (Å²) in [6.07, 6.45) is 1.06. The average Bonchev–Trinajstić information content (AvgIpc) is 2.25. The molecule has 1 aromatic rings. The van der Waals surface area contributed by atoms with Crippen LogP contribution in [0, 0.1) is 0 Å². The first-order valence-corrected chi connectivity index (χ1v) is 5.85. The maximum atomic E-state index is 12.4. The van der Waals surface area contributed by atoms with Gasteiger partial charge >= 0.3 is 10.5 Å². The molecule has 0 atom stereocenters. The molecule has 0 saturated carbocycles. The fourth-order valence-electron chi connectivity index (χ4n) is 1.09. The number of para-hydroxylation sites is 1. The van der Waals surface area contributed by atoms with E-state index in [0.717, 1.165) is 6.08 Å². The monoisotopic (exact) mass is 259 g/mol. The number of hydrogen-bond donors (Lipinski definition) is 1. The number of rotatable bonds is 5. The highest BCUT2D eigenvalue weighted by atomic mass is 32.3. The number of amides is 1. The van der Waals surface area contributed by atoms with Gasteiger partial charge in [0, 0.05) is 12.1 Å². The lowest BCUT2D eigenvalue weighted by Gasteiger charge is -2.07. The molecule has 0 aliphatic heterocycles. The van der Waals surface area contributed by atoms with E-state index in [1.165, 1.54) is 18.2 Å². The summed E-state index contributed by atoms with van der Waals surface area (Å²) < 4.78 is 37.2. The fraction of sp³-hybridized carbons (Fsp3) is 0.100. The smallest absolute Gasteiger partial charge is 0.358 e. The molecule has 92 valence electrons. The average molecular weight is 259 g/mol. The number of nitrogens with one attached hydrogen (secondary N) is 1. The lowest BCUT2D eigenvalue weighted by molar-refractivity contribution is -0.116. The molecule has 0 aromatic heterocycles. The third-order valence-electron chi connectivity index (χ3n) is 1.80. The highest BCUT2D eigenvalue weighted by Gasteiger charge is 2.13. The van der Waals surface area contributed by atoms with Crippen molar-refractivity contribution in [2.75, 3.05) is 0 Å². The summed E-state index contributed by atoms with van der Waals surface area (Å²) in [5.74, 6) is -0.595. The zero-order valence-electron chi connectivity index (χ0n) is 8.72. The predicted octanol–water partition coefficient (Wildman–Crippen LogP) is 1.08. The highest BCUT2D eigenvalue weighted by Crippen LogP contribution is 2.19. The molecule has 0 aliphatic rings. The van der Waals surface area contributed by atoms with Gasteiger partial charge in [-0.05, 0) is 12.1 Å². The van der Waals surface area contributed by atoms with Crippen LogP contribution in [-0.2, 0) is 21.8 Å². The molecule has 1 N–H and O–H groups in total. The molecule has 0 fully saturated rings. The molecule has 0 saturated heterocycles. The number of carbonyl (C=O) groups excluding carboxylic acids is 1. The fourth-order valence-corrected chi connectivity index (χ4v) is 1.47. The first kappa shape index (κ1) is 13.2. The van der Waals surface area contributed by atoms with Gasteiger partial charge in [0.1, 0.15) is 5.75 Å². The third-order valence-corrected chi connectivity index (χ3v) is 2.18. The first-order chi connectivity index (χ1) is 7.92. The van der Waals surface area contributed by atoms with Crippen LogP contribution in [0.1, 0.15) is 5.56 Å². The molecule has 17 heavy (non-hydrogen) atoms. The molecule has 0 radical (unpaired) electrons. The molecule has 1 aromatic carbocycles. The van der Waals surface area contributed by atoms with Gasteiger partial charge in [-0.2, -0.15) is 8.42 Å². The van der Waals surface area contributed by atoms with Gasteiger partial charge in [-0.1, -0.05) is 28.7 Å². The summed E-state index contributed by atoms with van der Waals surface area (Å²) in [5, 5.41) is 2.42. The summed E-state index contributed by atoms with van der Waals surface area (Å²) in [6.45, 7) is 3.27. The lowest BCUT2D eigenvalue weighted by atomic mass is 10.2. The van der Waals surface area contributed by atoms with E-state index in [4.69, 9.17) is 0 Å². The van der Waals surface area contributed by atoms with Gasteiger partial charge in [-0.15, -0.1) is 0 Å². The molecule has 0 spiro atoms. The second kappa shape index (κ2) is 5.44. The van der Waals surface area contributed by atoms with Crippen molar-refractivity contribution in [1.82, 2.24) is 5.32 Å². The van der Waals surface area contributed by atoms with Crippen LogP contribution in [-0.4, -0.2) is 14.3 Å². The topological polar surface area (TPSA) is 72.5 Å². The number of benzene rings is 1. The van der Waals surface area contributed by atoms with Crippen LogP contribution < -0.4 is 9.50 Å². The van der Waals surface area contributed by atoms with Crippen LogP contribution in [0.5, 0.6) is 5.75 Å². The van der Waals surface area contributed by atoms with Crippen LogP contribution >= 0.6 is 0 Å². The van der Waals surface area contributed by atoms with E-state index in [2.05, 4.69) is 16.1 Å². The van der Waals surface area contributed by atoms with Crippen molar-refractivity contribution in [3.05, 3.63) is 42.5 Å². The van der Waals surface area contributed by atoms with Gasteiger partial charge in [0.05, 0.1) is 0 Å². The quantitative estimate of drug-likeness (QED) is 0.634. The molecule has 0 unspecified atom stereocenters. The van der Waals surface area contributed by atoms with E-state index in [1.807, 2.05) is 0 Å². The third kappa shape index (κ3) is 4.64. The van der Waals surface area contributed by atoms with Gasteiger partial charge in [-0.25, -0.2) is 0 Å².